The molecule has 3 aromatic carbocycles. The smallest absolute Gasteiger partial charge is 0.195 e. The summed E-state index contributed by atoms with van der Waals surface area (Å²) in [5, 5.41) is 0. The lowest BCUT2D eigenvalue weighted by atomic mass is 9.53. The third kappa shape index (κ3) is 2.62. The Kier molecular flexibility index (Phi) is 4.10. The van der Waals surface area contributed by atoms with Crippen molar-refractivity contribution in [2.24, 2.45) is 0 Å². The second kappa shape index (κ2) is 6.80. The fourth-order valence-corrected chi connectivity index (χ4v) is 5.97. The van der Waals surface area contributed by atoms with Gasteiger partial charge in [-0.2, -0.15) is 17.7 Å². The second-order valence-electron chi connectivity index (χ2n) is 8.73. The van der Waals surface area contributed by atoms with Crippen molar-refractivity contribution >= 4 is 0 Å². The molecule has 3 heterocycles. The van der Waals surface area contributed by atoms with Gasteiger partial charge in [0.1, 0.15) is 0 Å². The van der Waals surface area contributed by atoms with Gasteiger partial charge in [-0.15, -0.1) is 0 Å². The van der Waals surface area contributed by atoms with E-state index in [4.69, 9.17) is 0 Å². The Morgan fingerprint density at radius 3 is 1.97 bits per heavy atom. The van der Waals surface area contributed by atoms with Crippen LogP contribution in [0.5, 0.6) is 0 Å². The highest BCUT2D eigenvalue weighted by Crippen LogP contribution is 2.59. The number of aromatic nitrogens is 1. The van der Waals surface area contributed by atoms with Crippen molar-refractivity contribution in [1.82, 2.24) is 0 Å². The molecule has 158 valence electrons. The van der Waals surface area contributed by atoms with E-state index < -0.39 is 17.2 Å². The molecule has 0 N–H and O–H groups in total. The Hall–Kier alpha value is -3.40. The van der Waals surface area contributed by atoms with Crippen molar-refractivity contribution in [2.45, 2.75) is 30.0 Å². The zero-order chi connectivity index (χ0) is 21.9. The summed E-state index contributed by atoms with van der Waals surface area (Å²) >= 11 is 0. The average molecular weight is 428 g/mol. The van der Waals surface area contributed by atoms with Crippen LogP contribution in [0, 0.1) is 0 Å². The quantitative estimate of drug-likeness (QED) is 0.325. The molecule has 0 radical (unpaired) electrons. The summed E-state index contributed by atoms with van der Waals surface area (Å²) in [6.45, 7) is 0. The lowest BCUT2D eigenvalue weighted by Gasteiger charge is -2.50. The Labute approximate surface area is 184 Å². The van der Waals surface area contributed by atoms with Crippen molar-refractivity contribution in [1.29, 1.82) is 0 Å². The molecule has 2 bridgehead atoms. The van der Waals surface area contributed by atoms with Gasteiger partial charge in [-0.1, -0.05) is 72.8 Å². The summed E-state index contributed by atoms with van der Waals surface area (Å²) in [7, 11) is 0. The van der Waals surface area contributed by atoms with Gasteiger partial charge in [-0.05, 0) is 28.8 Å². The first-order chi connectivity index (χ1) is 15.5. The van der Waals surface area contributed by atoms with Crippen LogP contribution in [0.3, 0.4) is 0 Å². The van der Waals surface area contributed by atoms with Gasteiger partial charge in [-0.3, -0.25) is 0 Å². The number of rotatable bonds is 2. The number of hydrogen-bond donors (Lipinski definition) is 0. The molecule has 7 rings (SSSR count). The van der Waals surface area contributed by atoms with E-state index in [1.807, 2.05) is 48.5 Å². The normalized spacial score (nSPS) is 20.5. The van der Waals surface area contributed by atoms with Crippen LogP contribution in [0.25, 0.3) is 0 Å². The van der Waals surface area contributed by atoms with E-state index >= 15 is 0 Å². The zero-order valence-electron chi connectivity index (χ0n) is 17.3. The highest BCUT2D eigenvalue weighted by molar-refractivity contribution is 5.55. The SMILES string of the molecule is FC(F)(F)c1ccc2c(c1)C1c3cccc[n+]3C2CC1(c1ccccc1)c1ccccc1. The van der Waals surface area contributed by atoms with Crippen molar-refractivity contribution in [3.05, 3.63) is 137 Å². The van der Waals surface area contributed by atoms with Gasteiger partial charge in [0.25, 0.3) is 0 Å². The molecule has 3 aliphatic rings. The van der Waals surface area contributed by atoms with Gasteiger partial charge in [-0.25, -0.2) is 0 Å². The molecule has 2 unspecified atom stereocenters. The Bertz CT molecular complexity index is 1260. The van der Waals surface area contributed by atoms with E-state index in [-0.39, 0.29) is 12.0 Å². The summed E-state index contributed by atoms with van der Waals surface area (Å²) in [5.41, 5.74) is 4.08. The lowest BCUT2D eigenvalue weighted by Crippen LogP contribution is -2.60. The molecule has 32 heavy (non-hydrogen) atoms. The summed E-state index contributed by atoms with van der Waals surface area (Å²) < 4.78 is 43.4. The summed E-state index contributed by atoms with van der Waals surface area (Å²) in [6.07, 6.45) is -1.51. The molecule has 0 spiro atoms. The fraction of sp³-hybridized carbons (Fsp3) is 0.179. The lowest BCUT2D eigenvalue weighted by molar-refractivity contribution is -0.732. The molecule has 1 aliphatic carbocycles. The predicted octanol–water partition coefficient (Wildman–Crippen LogP) is 6.42. The van der Waals surface area contributed by atoms with Crippen LogP contribution in [-0.2, 0) is 11.6 Å². The first-order valence-electron chi connectivity index (χ1n) is 10.8. The number of nitrogens with zero attached hydrogens (tertiary/aromatic N) is 1. The van der Waals surface area contributed by atoms with E-state index in [9.17, 15) is 13.2 Å². The highest BCUT2D eigenvalue weighted by atomic mass is 19.4. The van der Waals surface area contributed by atoms with Crippen LogP contribution < -0.4 is 4.57 Å². The first kappa shape index (κ1) is 19.3. The molecule has 0 fully saturated rings. The van der Waals surface area contributed by atoms with Gasteiger partial charge in [0.2, 0.25) is 0 Å². The number of fused-ring (bicyclic) bond motifs is 1. The maximum atomic E-state index is 13.7. The van der Waals surface area contributed by atoms with E-state index in [0.717, 1.165) is 34.4 Å². The van der Waals surface area contributed by atoms with E-state index in [0.29, 0.717) is 0 Å². The highest BCUT2D eigenvalue weighted by Gasteiger charge is 2.59. The minimum absolute atomic E-state index is 0.0334. The number of hydrogen-bond acceptors (Lipinski definition) is 0. The van der Waals surface area contributed by atoms with Crippen molar-refractivity contribution in [2.75, 3.05) is 0 Å². The minimum atomic E-state index is -4.37. The Balaban J connectivity index is 1.71. The molecule has 1 nitrogen and oxygen atoms in total. The number of alkyl halides is 3. The summed E-state index contributed by atoms with van der Waals surface area (Å²) in [4.78, 5) is 0. The first-order valence-corrected chi connectivity index (χ1v) is 10.8. The molecular formula is C28H21F3N+. The van der Waals surface area contributed by atoms with Crippen LogP contribution in [0.4, 0.5) is 13.2 Å². The van der Waals surface area contributed by atoms with Gasteiger partial charge in [0.15, 0.2) is 17.9 Å². The Morgan fingerprint density at radius 1 is 0.719 bits per heavy atom. The van der Waals surface area contributed by atoms with Crippen molar-refractivity contribution in [3.8, 4) is 0 Å². The molecule has 0 amide bonds. The molecule has 4 aromatic rings. The average Bonchev–Trinajstić information content (AvgIpc) is 2.84. The molecule has 4 heteroatoms. The summed E-state index contributed by atoms with van der Waals surface area (Å²) in [5.74, 6) is -0.226. The third-order valence-corrected chi connectivity index (χ3v) is 7.22. The predicted molar refractivity (Wildman–Crippen MR) is 116 cm³/mol. The summed E-state index contributed by atoms with van der Waals surface area (Å²) in [6, 6.07) is 30.9. The monoisotopic (exact) mass is 428 g/mol. The number of pyridine rings is 1. The topological polar surface area (TPSA) is 3.88 Å². The second-order valence-corrected chi connectivity index (χ2v) is 8.73. The number of benzene rings is 3. The molecule has 2 aliphatic heterocycles. The zero-order valence-corrected chi connectivity index (χ0v) is 17.3. The molecule has 2 atom stereocenters. The Morgan fingerprint density at radius 2 is 1.34 bits per heavy atom. The van der Waals surface area contributed by atoms with Crippen LogP contribution >= 0.6 is 0 Å². The van der Waals surface area contributed by atoms with Crippen molar-refractivity contribution in [3.63, 3.8) is 0 Å². The standard InChI is InChI=1S/C28H21F3N/c29-28(30,31)21-14-15-22-23(17-21)26-24-13-7-8-16-32(24)25(22)18-27(26,19-9-3-1-4-10-19)20-11-5-2-6-12-20/h1-17,25-26H,18H2/q+1. The largest absolute Gasteiger partial charge is 0.416 e. The third-order valence-electron chi connectivity index (χ3n) is 7.22. The maximum Gasteiger partial charge on any atom is 0.416 e. The number of halogens is 3. The molecule has 0 saturated carbocycles. The van der Waals surface area contributed by atoms with E-state index in [1.165, 1.54) is 12.1 Å². The van der Waals surface area contributed by atoms with E-state index in [2.05, 4.69) is 41.1 Å². The van der Waals surface area contributed by atoms with Gasteiger partial charge in [0.05, 0.1) is 11.5 Å². The van der Waals surface area contributed by atoms with Gasteiger partial charge in [0, 0.05) is 29.5 Å². The molecule has 0 saturated heterocycles. The van der Waals surface area contributed by atoms with Crippen molar-refractivity contribution < 1.29 is 17.7 Å². The molecule has 1 aromatic heterocycles. The van der Waals surface area contributed by atoms with Gasteiger partial charge >= 0.3 is 6.18 Å². The van der Waals surface area contributed by atoms with Crippen LogP contribution in [0.2, 0.25) is 0 Å². The van der Waals surface area contributed by atoms with E-state index in [1.54, 1.807) is 6.07 Å². The molecular weight excluding hydrogens is 407 g/mol. The van der Waals surface area contributed by atoms with Gasteiger partial charge < -0.3 is 0 Å². The van der Waals surface area contributed by atoms with Crippen LogP contribution in [0.15, 0.2) is 103 Å². The van der Waals surface area contributed by atoms with Crippen LogP contribution in [-0.4, -0.2) is 0 Å². The maximum absolute atomic E-state index is 13.7. The van der Waals surface area contributed by atoms with Crippen LogP contribution in [0.1, 0.15) is 51.9 Å². The fourth-order valence-electron chi connectivity index (χ4n) is 5.97. The minimum Gasteiger partial charge on any atom is -0.195 e.